The van der Waals surface area contributed by atoms with E-state index in [9.17, 15) is 19.5 Å². The largest absolute Gasteiger partial charge is 0.481 e. The van der Waals surface area contributed by atoms with Crippen LogP contribution < -0.4 is 4.90 Å². The molecule has 3 aliphatic rings. The fourth-order valence-electron chi connectivity index (χ4n) is 6.65. The van der Waals surface area contributed by atoms with Gasteiger partial charge in [-0.3, -0.25) is 14.4 Å². The molecule has 37 heavy (non-hydrogen) atoms. The number of nitrogens with zero attached hydrogens (tertiary/aromatic N) is 2. The van der Waals surface area contributed by atoms with E-state index in [4.69, 9.17) is 5.11 Å². The number of hydrogen-bond donors (Lipinski definition) is 2. The number of unbranched alkanes of at least 4 members (excludes halogenated alkanes) is 3. The topological polar surface area (TPSA) is 98.2 Å². The molecule has 3 fully saturated rings. The number of carbonyl (C=O) groups excluding carboxylic acids is 2. The number of aliphatic hydroxyl groups is 1. The monoisotopic (exact) mass is 522 g/mol. The van der Waals surface area contributed by atoms with E-state index in [0.29, 0.717) is 38.8 Å². The lowest BCUT2D eigenvalue weighted by atomic mass is 9.71. The molecule has 5 atom stereocenters. The maximum atomic E-state index is 14.5. The summed E-state index contributed by atoms with van der Waals surface area (Å²) >= 11 is 1.56. The lowest BCUT2D eigenvalue weighted by Gasteiger charge is -2.37. The standard InChI is InChI=1S/C29H34N2O5S/c1-2-15-30(21-12-11-19-9-5-6-10-20(19)18-21)27(34)25-29-14-13-22(37-29)23(28(35)36)24(29)26(33)31(25)16-7-3-4-8-17-32/h2,5-6,9-12,18,22-25,32H,1,3-4,7-8,13-17H2,(H,35,36)/t22-,23+,24+,25?,29?/m1/s1. The molecule has 3 heterocycles. The first-order chi connectivity index (χ1) is 17.9. The van der Waals surface area contributed by atoms with Crippen molar-refractivity contribution in [3.63, 3.8) is 0 Å². The number of carbonyl (C=O) groups is 3. The number of benzene rings is 2. The van der Waals surface area contributed by atoms with Crippen molar-refractivity contribution >= 4 is 46.0 Å². The van der Waals surface area contributed by atoms with E-state index in [1.165, 1.54) is 0 Å². The van der Waals surface area contributed by atoms with Crippen molar-refractivity contribution in [3.05, 3.63) is 55.1 Å². The summed E-state index contributed by atoms with van der Waals surface area (Å²) in [7, 11) is 0. The van der Waals surface area contributed by atoms with Gasteiger partial charge in [-0.25, -0.2) is 0 Å². The molecule has 0 aliphatic carbocycles. The van der Waals surface area contributed by atoms with E-state index in [1.807, 2.05) is 42.5 Å². The Labute approximate surface area is 221 Å². The van der Waals surface area contributed by atoms with Gasteiger partial charge in [-0.1, -0.05) is 49.2 Å². The van der Waals surface area contributed by atoms with Crippen LogP contribution in [0, 0.1) is 11.8 Å². The van der Waals surface area contributed by atoms with Crippen molar-refractivity contribution in [2.45, 2.75) is 54.6 Å². The highest BCUT2D eigenvalue weighted by atomic mass is 32.2. The zero-order valence-corrected chi connectivity index (χ0v) is 21.7. The quantitative estimate of drug-likeness (QED) is 0.341. The van der Waals surface area contributed by atoms with Gasteiger partial charge in [0.05, 0.1) is 16.6 Å². The molecule has 7 nitrogen and oxygen atoms in total. The maximum Gasteiger partial charge on any atom is 0.308 e. The van der Waals surface area contributed by atoms with Gasteiger partial charge in [0.1, 0.15) is 6.04 Å². The SMILES string of the molecule is C=CCN(C(=O)C1N(CCCCCCO)C(=O)[C@@H]2[C@@H](C(=O)O)[C@H]3CCC12S3)c1ccc2ccccc2c1. The Morgan fingerprint density at radius 2 is 1.89 bits per heavy atom. The highest BCUT2D eigenvalue weighted by molar-refractivity contribution is 8.02. The fourth-order valence-corrected chi connectivity index (χ4v) is 8.85. The Kier molecular flexibility index (Phi) is 7.32. The maximum absolute atomic E-state index is 14.5. The number of anilines is 1. The molecular weight excluding hydrogens is 488 g/mol. The first-order valence-electron chi connectivity index (χ1n) is 13.2. The molecule has 2 bridgehead atoms. The van der Waals surface area contributed by atoms with Crippen LogP contribution in [0.25, 0.3) is 10.8 Å². The molecule has 0 radical (unpaired) electrons. The summed E-state index contributed by atoms with van der Waals surface area (Å²) in [6.45, 7) is 4.72. The lowest BCUT2D eigenvalue weighted by molar-refractivity contribution is -0.148. The minimum atomic E-state index is -0.939. The van der Waals surface area contributed by atoms with Crippen LogP contribution in [-0.4, -0.2) is 68.6 Å². The summed E-state index contributed by atoms with van der Waals surface area (Å²) in [5.41, 5.74) is 0.742. The van der Waals surface area contributed by atoms with Gasteiger partial charge in [-0.05, 0) is 48.6 Å². The molecule has 2 aromatic rings. The summed E-state index contributed by atoms with van der Waals surface area (Å²) < 4.78 is -0.719. The fraction of sp³-hybridized carbons (Fsp3) is 0.483. The van der Waals surface area contributed by atoms with Crippen molar-refractivity contribution in [1.82, 2.24) is 4.90 Å². The van der Waals surface area contributed by atoms with Crippen LogP contribution in [0.2, 0.25) is 0 Å². The molecule has 8 heteroatoms. The number of amides is 2. The van der Waals surface area contributed by atoms with Gasteiger partial charge < -0.3 is 20.0 Å². The number of fused-ring (bicyclic) bond motifs is 2. The Hall–Kier alpha value is -2.84. The number of aliphatic carboxylic acids is 1. The van der Waals surface area contributed by atoms with Crippen molar-refractivity contribution in [1.29, 1.82) is 0 Å². The molecule has 1 spiro atoms. The van der Waals surface area contributed by atoms with E-state index >= 15 is 0 Å². The normalized spacial score (nSPS) is 28.0. The average molecular weight is 523 g/mol. The highest BCUT2D eigenvalue weighted by Gasteiger charge is 2.74. The number of carboxylic acids is 1. The Balaban J connectivity index is 1.51. The molecule has 2 unspecified atom stereocenters. The predicted molar refractivity (Wildman–Crippen MR) is 146 cm³/mol. The van der Waals surface area contributed by atoms with Crippen LogP contribution in [0.4, 0.5) is 5.69 Å². The van der Waals surface area contributed by atoms with Gasteiger partial charge in [0, 0.05) is 30.6 Å². The van der Waals surface area contributed by atoms with Crippen LogP contribution in [0.15, 0.2) is 55.1 Å². The summed E-state index contributed by atoms with van der Waals surface area (Å²) in [5, 5.41) is 21.1. The van der Waals surface area contributed by atoms with Crippen molar-refractivity contribution < 1.29 is 24.6 Å². The number of hydrogen-bond acceptors (Lipinski definition) is 5. The van der Waals surface area contributed by atoms with Gasteiger partial charge >= 0.3 is 5.97 Å². The molecule has 0 saturated carbocycles. The summed E-state index contributed by atoms with van der Waals surface area (Å²) in [5.74, 6) is -2.73. The van der Waals surface area contributed by atoms with Gasteiger partial charge in [-0.2, -0.15) is 0 Å². The number of aliphatic hydroxyl groups excluding tert-OH is 1. The zero-order valence-electron chi connectivity index (χ0n) is 20.9. The van der Waals surface area contributed by atoms with Crippen molar-refractivity contribution in [3.8, 4) is 0 Å². The minimum absolute atomic E-state index is 0.134. The van der Waals surface area contributed by atoms with E-state index < -0.39 is 28.6 Å². The van der Waals surface area contributed by atoms with Crippen molar-refractivity contribution in [2.75, 3.05) is 24.6 Å². The zero-order chi connectivity index (χ0) is 26.2. The number of rotatable bonds is 11. The summed E-state index contributed by atoms with van der Waals surface area (Å²) in [4.78, 5) is 43.9. The number of likely N-dealkylation sites (tertiary alicyclic amines) is 1. The molecule has 0 aromatic heterocycles. The second-order valence-corrected chi connectivity index (χ2v) is 11.9. The van der Waals surface area contributed by atoms with Crippen LogP contribution in [0.3, 0.4) is 0 Å². The molecule has 2 amide bonds. The highest BCUT2D eigenvalue weighted by Crippen LogP contribution is 2.66. The van der Waals surface area contributed by atoms with Crippen LogP contribution in [-0.2, 0) is 14.4 Å². The van der Waals surface area contributed by atoms with Crippen LogP contribution in [0.5, 0.6) is 0 Å². The second kappa shape index (κ2) is 10.5. The smallest absolute Gasteiger partial charge is 0.308 e. The average Bonchev–Trinajstić information content (AvgIpc) is 3.54. The van der Waals surface area contributed by atoms with Gasteiger partial charge in [0.2, 0.25) is 5.91 Å². The van der Waals surface area contributed by atoms with E-state index in [1.54, 1.807) is 27.6 Å². The number of thioether (sulfide) groups is 1. The third kappa shape index (κ3) is 4.34. The molecule has 196 valence electrons. The molecule has 5 rings (SSSR count). The van der Waals surface area contributed by atoms with Gasteiger partial charge in [0.15, 0.2) is 0 Å². The van der Waals surface area contributed by atoms with E-state index in [-0.39, 0.29) is 23.7 Å². The first-order valence-corrected chi connectivity index (χ1v) is 14.0. The van der Waals surface area contributed by atoms with Crippen LogP contribution in [0.1, 0.15) is 38.5 Å². The third-order valence-electron chi connectivity index (χ3n) is 8.25. The van der Waals surface area contributed by atoms with E-state index in [2.05, 4.69) is 6.58 Å². The summed E-state index contributed by atoms with van der Waals surface area (Å²) in [6.07, 6.45) is 6.16. The first kappa shape index (κ1) is 25.8. The van der Waals surface area contributed by atoms with Crippen molar-refractivity contribution in [2.24, 2.45) is 11.8 Å². The van der Waals surface area contributed by atoms with Crippen LogP contribution >= 0.6 is 11.8 Å². The van der Waals surface area contributed by atoms with Gasteiger partial charge in [0.25, 0.3) is 5.91 Å². The Bertz CT molecular complexity index is 1220. The molecule has 3 aliphatic heterocycles. The van der Waals surface area contributed by atoms with E-state index in [0.717, 1.165) is 29.3 Å². The Morgan fingerprint density at radius 1 is 1.14 bits per heavy atom. The second-order valence-electron chi connectivity index (χ2n) is 10.3. The molecule has 2 aromatic carbocycles. The third-order valence-corrected chi connectivity index (χ3v) is 10.2. The Morgan fingerprint density at radius 3 is 2.62 bits per heavy atom. The van der Waals surface area contributed by atoms with Gasteiger partial charge in [-0.15, -0.1) is 18.3 Å². The summed E-state index contributed by atoms with van der Waals surface area (Å²) in [6, 6.07) is 13.2. The number of carboxylic acid groups (broad SMARTS) is 1. The predicted octanol–water partition coefficient (Wildman–Crippen LogP) is 4.09. The molecular formula is C29H34N2O5S. The minimum Gasteiger partial charge on any atom is -0.481 e. The molecule has 3 saturated heterocycles. The lowest BCUT2D eigenvalue weighted by Crippen LogP contribution is -2.55. The molecule has 2 N–H and O–H groups in total.